The molecule has 1 aliphatic heterocycles. The molecule has 2 heterocycles. The van der Waals surface area contributed by atoms with E-state index >= 15 is 0 Å². The first-order chi connectivity index (χ1) is 12.2. The number of aromatic nitrogens is 1. The third kappa shape index (κ3) is 3.35. The van der Waals surface area contributed by atoms with Gasteiger partial charge in [-0.2, -0.15) is 0 Å². The first-order valence-corrected chi connectivity index (χ1v) is 8.11. The van der Waals surface area contributed by atoms with Crippen molar-refractivity contribution in [3.63, 3.8) is 0 Å². The summed E-state index contributed by atoms with van der Waals surface area (Å²) in [6, 6.07) is 13.8. The SMILES string of the molecule is Cc1cc2cc(CNC(=O)/C=C\c3ccc4c(c3)OCO4)ccc2[nH]1. The average Bonchev–Trinajstić information content (AvgIpc) is 3.22. The lowest BCUT2D eigenvalue weighted by Gasteiger charge is -2.03. The summed E-state index contributed by atoms with van der Waals surface area (Å²) in [4.78, 5) is 15.3. The van der Waals surface area contributed by atoms with E-state index in [1.54, 1.807) is 6.08 Å². The van der Waals surface area contributed by atoms with E-state index in [1.807, 2.05) is 37.3 Å². The molecule has 3 aromatic rings. The maximum absolute atomic E-state index is 12.0. The van der Waals surface area contributed by atoms with Crippen molar-refractivity contribution in [2.75, 3.05) is 6.79 Å². The second-order valence-electron chi connectivity index (χ2n) is 6.04. The van der Waals surface area contributed by atoms with Crippen molar-refractivity contribution in [1.29, 1.82) is 0 Å². The van der Waals surface area contributed by atoms with Gasteiger partial charge < -0.3 is 19.8 Å². The molecule has 0 aliphatic carbocycles. The Labute approximate surface area is 145 Å². The minimum Gasteiger partial charge on any atom is -0.454 e. The Balaban J connectivity index is 1.38. The highest BCUT2D eigenvalue weighted by Crippen LogP contribution is 2.32. The lowest BCUT2D eigenvalue weighted by molar-refractivity contribution is -0.116. The van der Waals surface area contributed by atoms with Crippen LogP contribution in [0.1, 0.15) is 16.8 Å². The third-order valence-corrected chi connectivity index (χ3v) is 4.11. The lowest BCUT2D eigenvalue weighted by Crippen LogP contribution is -2.20. The van der Waals surface area contributed by atoms with Crippen LogP contribution in [0.2, 0.25) is 0 Å². The van der Waals surface area contributed by atoms with E-state index in [0.717, 1.165) is 33.5 Å². The highest BCUT2D eigenvalue weighted by Gasteiger charge is 2.12. The quantitative estimate of drug-likeness (QED) is 0.718. The number of carbonyl (C=O) groups excluding carboxylic acids is 1. The number of amides is 1. The molecule has 0 bridgehead atoms. The Kier molecular flexibility index (Phi) is 3.90. The minimum atomic E-state index is -0.136. The molecule has 5 nitrogen and oxygen atoms in total. The predicted molar refractivity (Wildman–Crippen MR) is 96.5 cm³/mol. The van der Waals surface area contributed by atoms with E-state index in [-0.39, 0.29) is 12.7 Å². The van der Waals surface area contributed by atoms with Gasteiger partial charge in [0.2, 0.25) is 12.7 Å². The zero-order valence-corrected chi connectivity index (χ0v) is 13.8. The Morgan fingerprint density at radius 3 is 2.96 bits per heavy atom. The molecule has 0 radical (unpaired) electrons. The van der Waals surface area contributed by atoms with Crippen LogP contribution >= 0.6 is 0 Å². The summed E-state index contributed by atoms with van der Waals surface area (Å²) in [5.74, 6) is 1.30. The summed E-state index contributed by atoms with van der Waals surface area (Å²) in [5.41, 5.74) is 4.19. The summed E-state index contributed by atoms with van der Waals surface area (Å²) in [7, 11) is 0. The molecule has 0 unspecified atom stereocenters. The number of fused-ring (bicyclic) bond motifs is 2. The van der Waals surface area contributed by atoms with Gasteiger partial charge in [0.15, 0.2) is 11.5 Å². The Morgan fingerprint density at radius 2 is 2.04 bits per heavy atom. The Bertz CT molecular complexity index is 972. The fourth-order valence-electron chi connectivity index (χ4n) is 2.87. The normalized spacial score (nSPS) is 12.8. The number of nitrogens with one attached hydrogen (secondary N) is 2. The second-order valence-corrected chi connectivity index (χ2v) is 6.04. The number of benzene rings is 2. The highest BCUT2D eigenvalue weighted by atomic mass is 16.7. The first kappa shape index (κ1) is 15.3. The number of aromatic amines is 1. The van der Waals surface area contributed by atoms with Crippen molar-refractivity contribution in [1.82, 2.24) is 10.3 Å². The van der Waals surface area contributed by atoms with Crippen molar-refractivity contribution in [2.24, 2.45) is 0 Å². The molecule has 0 saturated carbocycles. The van der Waals surface area contributed by atoms with Crippen LogP contribution in [-0.2, 0) is 11.3 Å². The molecular formula is C20H18N2O3. The van der Waals surface area contributed by atoms with E-state index in [0.29, 0.717) is 12.3 Å². The Hall–Kier alpha value is -3.21. The highest BCUT2D eigenvalue weighted by molar-refractivity contribution is 5.91. The van der Waals surface area contributed by atoms with Gasteiger partial charge in [0.05, 0.1) is 0 Å². The number of H-pyrrole nitrogens is 1. The van der Waals surface area contributed by atoms with Gasteiger partial charge in [-0.05, 0) is 59.8 Å². The molecule has 5 heteroatoms. The van der Waals surface area contributed by atoms with Gasteiger partial charge in [0.1, 0.15) is 0 Å². The third-order valence-electron chi connectivity index (χ3n) is 4.11. The molecule has 1 aromatic heterocycles. The maximum atomic E-state index is 12.0. The topological polar surface area (TPSA) is 63.4 Å². The van der Waals surface area contributed by atoms with E-state index in [1.165, 1.54) is 6.08 Å². The summed E-state index contributed by atoms with van der Waals surface area (Å²) in [6.45, 7) is 2.76. The van der Waals surface area contributed by atoms with Crippen molar-refractivity contribution in [3.8, 4) is 11.5 Å². The van der Waals surface area contributed by atoms with Crippen LogP contribution in [0.5, 0.6) is 11.5 Å². The van der Waals surface area contributed by atoms with Crippen molar-refractivity contribution in [2.45, 2.75) is 13.5 Å². The largest absolute Gasteiger partial charge is 0.454 e. The molecule has 2 aromatic carbocycles. The molecule has 0 spiro atoms. The van der Waals surface area contributed by atoms with Crippen LogP contribution in [-0.4, -0.2) is 17.7 Å². The second kappa shape index (κ2) is 6.36. The number of aryl methyl sites for hydroxylation is 1. The van der Waals surface area contributed by atoms with E-state index in [9.17, 15) is 4.79 Å². The number of hydrogen-bond acceptors (Lipinski definition) is 3. The van der Waals surface area contributed by atoms with Crippen molar-refractivity contribution >= 4 is 22.9 Å². The van der Waals surface area contributed by atoms with Gasteiger partial charge in [0.25, 0.3) is 0 Å². The first-order valence-electron chi connectivity index (χ1n) is 8.11. The summed E-state index contributed by atoms with van der Waals surface area (Å²) in [6.07, 6.45) is 3.28. The van der Waals surface area contributed by atoms with Gasteiger partial charge in [-0.25, -0.2) is 0 Å². The van der Waals surface area contributed by atoms with Crippen LogP contribution in [0.15, 0.2) is 48.5 Å². The summed E-state index contributed by atoms with van der Waals surface area (Å²) < 4.78 is 10.6. The monoisotopic (exact) mass is 334 g/mol. The van der Waals surface area contributed by atoms with Crippen LogP contribution in [0.25, 0.3) is 17.0 Å². The Morgan fingerprint density at radius 1 is 1.16 bits per heavy atom. The predicted octanol–water partition coefficient (Wildman–Crippen LogP) is 3.53. The summed E-state index contributed by atoms with van der Waals surface area (Å²) in [5, 5.41) is 4.05. The van der Waals surface area contributed by atoms with Gasteiger partial charge in [-0.3, -0.25) is 4.79 Å². The standard InChI is InChI=1S/C20H18N2O3/c1-13-8-16-9-15(2-5-17(16)22-13)11-21-20(23)7-4-14-3-6-18-19(10-14)25-12-24-18/h2-10,22H,11-12H2,1H3,(H,21,23)/b7-4-. The number of ether oxygens (including phenoxy) is 2. The zero-order chi connectivity index (χ0) is 17.2. The number of hydrogen-bond donors (Lipinski definition) is 2. The molecule has 126 valence electrons. The smallest absolute Gasteiger partial charge is 0.244 e. The molecular weight excluding hydrogens is 316 g/mol. The molecule has 4 rings (SSSR count). The van der Waals surface area contributed by atoms with Crippen molar-refractivity contribution < 1.29 is 14.3 Å². The fraction of sp³-hybridized carbons (Fsp3) is 0.150. The van der Waals surface area contributed by atoms with Crippen LogP contribution in [0, 0.1) is 6.92 Å². The minimum absolute atomic E-state index is 0.136. The molecule has 1 amide bonds. The zero-order valence-electron chi connectivity index (χ0n) is 13.8. The van der Waals surface area contributed by atoms with Crippen LogP contribution in [0.3, 0.4) is 0 Å². The molecule has 2 N–H and O–H groups in total. The van der Waals surface area contributed by atoms with E-state index in [4.69, 9.17) is 9.47 Å². The van der Waals surface area contributed by atoms with Crippen LogP contribution < -0.4 is 14.8 Å². The molecule has 0 fully saturated rings. The molecule has 1 aliphatic rings. The van der Waals surface area contributed by atoms with E-state index in [2.05, 4.69) is 22.4 Å². The van der Waals surface area contributed by atoms with Gasteiger partial charge in [-0.1, -0.05) is 12.1 Å². The van der Waals surface area contributed by atoms with Crippen LogP contribution in [0.4, 0.5) is 0 Å². The van der Waals surface area contributed by atoms with Gasteiger partial charge in [-0.15, -0.1) is 0 Å². The number of rotatable bonds is 4. The maximum Gasteiger partial charge on any atom is 0.244 e. The lowest BCUT2D eigenvalue weighted by atomic mass is 10.1. The summed E-state index contributed by atoms with van der Waals surface area (Å²) >= 11 is 0. The molecule has 0 atom stereocenters. The van der Waals surface area contributed by atoms with Gasteiger partial charge in [0, 0.05) is 23.8 Å². The average molecular weight is 334 g/mol. The number of carbonyl (C=O) groups is 1. The fourth-order valence-corrected chi connectivity index (χ4v) is 2.87. The molecule has 25 heavy (non-hydrogen) atoms. The molecule has 0 saturated heterocycles. The van der Waals surface area contributed by atoms with Crippen molar-refractivity contribution in [3.05, 3.63) is 65.4 Å². The van der Waals surface area contributed by atoms with E-state index < -0.39 is 0 Å². The van der Waals surface area contributed by atoms with Gasteiger partial charge >= 0.3 is 0 Å².